The van der Waals surface area contributed by atoms with E-state index in [-0.39, 0.29) is 0 Å². The van der Waals surface area contributed by atoms with Gasteiger partial charge in [-0.15, -0.1) is 0 Å². The minimum absolute atomic E-state index is 0.412. The zero-order valence-electron chi connectivity index (χ0n) is 6.15. The van der Waals surface area contributed by atoms with E-state index < -0.39 is 21.0 Å². The Balaban J connectivity index is 4.46. The molecule has 0 rings (SSSR count). The van der Waals surface area contributed by atoms with Gasteiger partial charge in [0.2, 0.25) is 0 Å². The van der Waals surface area contributed by atoms with Gasteiger partial charge in [-0.25, -0.2) is 0 Å². The summed E-state index contributed by atoms with van der Waals surface area (Å²) >= 11 is 0.489. The van der Waals surface area contributed by atoms with Crippen LogP contribution in [0.5, 0.6) is 0 Å². The molecule has 0 spiro atoms. The summed E-state index contributed by atoms with van der Waals surface area (Å²) in [4.78, 5) is 20.7. The van der Waals surface area contributed by atoms with Crippen molar-refractivity contribution in [1.82, 2.24) is 0 Å². The summed E-state index contributed by atoms with van der Waals surface area (Å²) in [5.41, 5.74) is 0. The van der Waals surface area contributed by atoms with Crippen LogP contribution in [0.25, 0.3) is 0 Å². The van der Waals surface area contributed by atoms with Gasteiger partial charge in [0.25, 0.3) is 0 Å². The summed E-state index contributed by atoms with van der Waals surface area (Å²) in [6, 6.07) is 0. The van der Waals surface area contributed by atoms with E-state index in [1.54, 1.807) is 0 Å². The number of hydrogen-bond acceptors (Lipinski definition) is 2. The van der Waals surface area contributed by atoms with Gasteiger partial charge in [0.15, 0.2) is 0 Å². The molecule has 0 aliphatic rings. The van der Waals surface area contributed by atoms with Gasteiger partial charge in [-0.1, -0.05) is 0 Å². The van der Waals surface area contributed by atoms with E-state index in [0.717, 1.165) is 0 Å². The van der Waals surface area contributed by atoms with Crippen LogP contribution in [-0.4, -0.2) is 50.1 Å². The number of carboxylic acid groups (broad SMARTS) is 2. The van der Waals surface area contributed by atoms with Crippen molar-refractivity contribution in [2.24, 2.45) is 5.92 Å². The first-order valence-corrected chi connectivity index (χ1v) is 4.24. The number of allylic oxidation sites excluding steroid dienone is 1. The zero-order chi connectivity index (χ0) is 9.02. The Hall–Kier alpha value is -0.320. The van der Waals surface area contributed by atoms with Crippen LogP contribution in [0.4, 0.5) is 0 Å². The Morgan fingerprint density at radius 3 is 1.82 bits per heavy atom. The van der Waals surface area contributed by atoms with Crippen molar-refractivity contribution in [3.63, 3.8) is 0 Å². The quantitative estimate of drug-likeness (QED) is 0.348. The van der Waals surface area contributed by atoms with Gasteiger partial charge < -0.3 is 0 Å². The molecule has 1 unspecified atom stereocenters. The molecule has 0 aromatic heterocycles. The molecule has 56 valence electrons. The number of carbonyl (C=O) groups is 2. The molecule has 0 aliphatic heterocycles. The van der Waals surface area contributed by atoms with E-state index in [9.17, 15) is 9.59 Å². The third-order valence-electron chi connectivity index (χ3n) is 1.43. The molecule has 0 aromatic rings. The van der Waals surface area contributed by atoms with E-state index in [0.29, 0.717) is 27.9 Å². The van der Waals surface area contributed by atoms with E-state index in [2.05, 4.69) is 6.58 Å². The monoisotopic (exact) mass is 166 g/mol. The topological polar surface area (TPSA) is 74.6 Å². The molecule has 0 aromatic carbocycles. The van der Waals surface area contributed by atoms with Gasteiger partial charge in [0, 0.05) is 0 Å². The van der Waals surface area contributed by atoms with Crippen LogP contribution >= 0.6 is 0 Å². The third kappa shape index (κ3) is 3.05. The zero-order valence-corrected chi connectivity index (χ0v) is 8.15. The van der Waals surface area contributed by atoms with Crippen molar-refractivity contribution in [3.05, 3.63) is 12.7 Å². The molecule has 0 radical (unpaired) electrons. The molecular weight excluding hydrogens is 159 g/mol. The summed E-state index contributed by atoms with van der Waals surface area (Å²) in [6.07, 6.45) is 1.37. The minimum atomic E-state index is -1.32. The predicted molar refractivity (Wildman–Crippen MR) is 38.5 cm³/mol. The molecule has 0 saturated heterocycles. The van der Waals surface area contributed by atoms with Crippen LogP contribution in [0.2, 0.25) is 3.17 Å². The first kappa shape index (κ1) is 10.7. The summed E-state index contributed by atoms with van der Waals surface area (Å²) in [6.45, 7) is 3.35. The Kier molecular flexibility index (Phi) is 4.40. The second kappa shape index (κ2) is 4.54. The normalized spacial score (nSPS) is 12.6. The maximum atomic E-state index is 10.3. The molecule has 0 fully saturated rings. The fourth-order valence-electron chi connectivity index (χ4n) is 0.691. The van der Waals surface area contributed by atoms with Crippen molar-refractivity contribution in [2.45, 2.75) is 3.17 Å². The van der Waals surface area contributed by atoms with Crippen LogP contribution in [0.3, 0.4) is 0 Å². The summed E-state index contributed by atoms with van der Waals surface area (Å²) < 4.78 is -0.412. The average Bonchev–Trinajstić information content (AvgIpc) is 1.85. The average molecular weight is 166 g/mol. The molecule has 1 atom stereocenters. The summed E-state index contributed by atoms with van der Waals surface area (Å²) in [5, 5.41) is 16.9. The predicted octanol–water partition coefficient (Wildman–Crippen LogP) is -0.0852. The van der Waals surface area contributed by atoms with Gasteiger partial charge in [0.1, 0.15) is 0 Å². The van der Waals surface area contributed by atoms with E-state index in [4.69, 9.17) is 10.2 Å². The number of rotatable bonds is 4. The standard InChI is InChI=1S/C6H7O4.Na/c1-2-3-4(5(7)8)6(9)10;/h2-4H,1H2,(H,7,8)(H,9,10);. The van der Waals surface area contributed by atoms with Crippen molar-refractivity contribution in [1.29, 1.82) is 0 Å². The molecular formula is C6H7NaO4. The summed E-state index contributed by atoms with van der Waals surface area (Å²) in [5.74, 6) is -3.91. The van der Waals surface area contributed by atoms with Crippen molar-refractivity contribution in [2.75, 3.05) is 0 Å². The third-order valence-corrected chi connectivity index (χ3v) is 2.57. The molecule has 2 N–H and O–H groups in total. The first-order valence-electron chi connectivity index (χ1n) is 3.09. The van der Waals surface area contributed by atoms with E-state index in [1.807, 2.05) is 0 Å². The molecule has 0 bridgehead atoms. The van der Waals surface area contributed by atoms with Crippen LogP contribution in [0, 0.1) is 5.92 Å². The van der Waals surface area contributed by atoms with Crippen molar-refractivity contribution >= 4 is 39.9 Å². The molecule has 5 heteroatoms. The second-order valence-corrected chi connectivity index (χ2v) is 3.58. The van der Waals surface area contributed by atoms with Gasteiger partial charge in [-0.2, -0.15) is 0 Å². The van der Waals surface area contributed by atoms with Crippen LogP contribution in [0.1, 0.15) is 0 Å². The number of carboxylic acids is 2. The Morgan fingerprint density at radius 1 is 1.36 bits per heavy atom. The van der Waals surface area contributed by atoms with Gasteiger partial charge in [-0.05, 0) is 0 Å². The maximum absolute atomic E-state index is 10.3. The van der Waals surface area contributed by atoms with Crippen LogP contribution in [0.15, 0.2) is 12.7 Å². The second-order valence-electron chi connectivity index (χ2n) is 2.25. The van der Waals surface area contributed by atoms with Crippen LogP contribution < -0.4 is 0 Å². The van der Waals surface area contributed by atoms with Gasteiger partial charge >= 0.3 is 81.4 Å². The van der Waals surface area contributed by atoms with Crippen LogP contribution in [-0.2, 0) is 9.59 Å². The molecule has 0 amide bonds. The molecule has 0 saturated carbocycles. The fraction of sp³-hybridized carbons (Fsp3) is 0.333. The molecule has 4 nitrogen and oxygen atoms in total. The van der Waals surface area contributed by atoms with Crippen molar-refractivity contribution < 1.29 is 19.8 Å². The number of hydrogen-bond donors (Lipinski definition) is 2. The molecule has 0 heterocycles. The van der Waals surface area contributed by atoms with E-state index in [1.165, 1.54) is 6.08 Å². The van der Waals surface area contributed by atoms with Crippen molar-refractivity contribution in [3.8, 4) is 0 Å². The number of aliphatic carboxylic acids is 2. The fourth-order valence-corrected chi connectivity index (χ4v) is 1.26. The molecule has 11 heavy (non-hydrogen) atoms. The first-order chi connectivity index (χ1) is 5.00. The Morgan fingerprint density at radius 2 is 1.73 bits per heavy atom. The Bertz CT molecular complexity index is 175. The SMILES string of the molecule is C=C[CH]([Na])C(C(=O)O)C(=O)O. The Labute approximate surface area is 81.3 Å². The van der Waals surface area contributed by atoms with E-state index >= 15 is 0 Å². The van der Waals surface area contributed by atoms with Gasteiger partial charge in [-0.3, -0.25) is 0 Å². The van der Waals surface area contributed by atoms with Gasteiger partial charge in [0.05, 0.1) is 0 Å². The molecule has 0 aliphatic carbocycles. The summed E-state index contributed by atoms with van der Waals surface area (Å²) in [7, 11) is 0.